The Morgan fingerprint density at radius 1 is 1.08 bits per heavy atom. The van der Waals surface area contributed by atoms with Gasteiger partial charge in [0.1, 0.15) is 17.1 Å². The Hall–Kier alpha value is -4.25. The number of hydrogen-bond donors (Lipinski definition) is 0. The van der Waals surface area contributed by atoms with Gasteiger partial charge in [-0.1, -0.05) is 18.2 Å². The lowest BCUT2D eigenvalue weighted by atomic mass is 10.1. The Bertz CT molecular complexity index is 1580. The first-order chi connectivity index (χ1) is 17.3. The van der Waals surface area contributed by atoms with Crippen LogP contribution in [0.15, 0.2) is 58.1 Å². The fourth-order valence-corrected chi connectivity index (χ4v) is 5.32. The lowest BCUT2D eigenvalue weighted by Crippen LogP contribution is -2.42. The number of aromatic nitrogens is 2. The molecule has 0 aliphatic heterocycles. The molecule has 0 spiro atoms. The molecule has 0 fully saturated rings. The SMILES string of the molecule is CCOC(=O)Cn1c(=O)c2c(C)c(-c3ccc(OC)cc3)sc2n(Cc2ccccc2[N+](=O)[O-])c1=O. The first-order valence-corrected chi connectivity index (χ1v) is 11.9. The van der Waals surface area contributed by atoms with Crippen molar-refractivity contribution in [1.82, 2.24) is 9.13 Å². The summed E-state index contributed by atoms with van der Waals surface area (Å²) in [6.45, 7) is 2.78. The molecule has 0 saturated carbocycles. The van der Waals surface area contributed by atoms with Crippen molar-refractivity contribution in [3.05, 3.63) is 90.6 Å². The van der Waals surface area contributed by atoms with E-state index in [9.17, 15) is 24.5 Å². The summed E-state index contributed by atoms with van der Waals surface area (Å²) in [6, 6.07) is 13.4. The summed E-state index contributed by atoms with van der Waals surface area (Å²) < 4.78 is 12.3. The van der Waals surface area contributed by atoms with E-state index in [1.165, 1.54) is 22.0 Å². The minimum atomic E-state index is -0.749. The fraction of sp³-hybridized carbons (Fsp3) is 0.240. The number of para-hydroxylation sites is 1. The van der Waals surface area contributed by atoms with Crippen LogP contribution >= 0.6 is 11.3 Å². The van der Waals surface area contributed by atoms with Crippen molar-refractivity contribution in [2.75, 3.05) is 13.7 Å². The van der Waals surface area contributed by atoms with Crippen LogP contribution in [0.1, 0.15) is 18.1 Å². The highest BCUT2D eigenvalue weighted by Gasteiger charge is 2.24. The van der Waals surface area contributed by atoms with Crippen LogP contribution in [0.2, 0.25) is 0 Å². The first-order valence-electron chi connectivity index (χ1n) is 11.1. The molecule has 0 N–H and O–H groups in total. The highest BCUT2D eigenvalue weighted by molar-refractivity contribution is 7.22. The highest BCUT2D eigenvalue weighted by Crippen LogP contribution is 2.37. The van der Waals surface area contributed by atoms with Crippen LogP contribution in [0.5, 0.6) is 5.75 Å². The van der Waals surface area contributed by atoms with E-state index in [0.29, 0.717) is 21.7 Å². The van der Waals surface area contributed by atoms with E-state index in [4.69, 9.17) is 9.47 Å². The van der Waals surface area contributed by atoms with Gasteiger partial charge in [-0.2, -0.15) is 0 Å². The second kappa shape index (κ2) is 10.2. The fourth-order valence-electron chi connectivity index (χ4n) is 4.02. The van der Waals surface area contributed by atoms with Gasteiger partial charge in [0, 0.05) is 16.5 Å². The third-order valence-corrected chi connectivity index (χ3v) is 7.12. The summed E-state index contributed by atoms with van der Waals surface area (Å²) in [5.74, 6) is -0.0563. The molecule has 0 saturated heterocycles. The van der Waals surface area contributed by atoms with Crippen LogP contribution in [0.4, 0.5) is 5.69 Å². The number of nitrogens with zero attached hydrogens (tertiary/aromatic N) is 3. The molecule has 0 amide bonds. The van der Waals surface area contributed by atoms with Gasteiger partial charge in [-0.3, -0.25) is 24.3 Å². The molecule has 11 heteroatoms. The zero-order valence-corrected chi connectivity index (χ0v) is 20.7. The average molecular weight is 510 g/mol. The summed E-state index contributed by atoms with van der Waals surface area (Å²) in [6.07, 6.45) is 0. The van der Waals surface area contributed by atoms with Crippen LogP contribution in [-0.4, -0.2) is 33.7 Å². The Labute approximate surface area is 209 Å². The Balaban J connectivity index is 1.99. The molecule has 4 aromatic rings. The van der Waals surface area contributed by atoms with Crippen molar-refractivity contribution in [1.29, 1.82) is 0 Å². The average Bonchev–Trinajstić information content (AvgIpc) is 3.21. The minimum absolute atomic E-state index is 0.0966. The van der Waals surface area contributed by atoms with E-state index in [1.54, 1.807) is 51.3 Å². The van der Waals surface area contributed by atoms with Gasteiger partial charge in [-0.15, -0.1) is 11.3 Å². The zero-order chi connectivity index (χ0) is 26.0. The molecule has 0 aliphatic rings. The Morgan fingerprint density at radius 2 is 1.78 bits per heavy atom. The Kier molecular flexibility index (Phi) is 7.02. The lowest BCUT2D eigenvalue weighted by Gasteiger charge is -2.12. The topological polar surface area (TPSA) is 123 Å². The van der Waals surface area contributed by atoms with Crippen molar-refractivity contribution < 1.29 is 19.2 Å². The van der Waals surface area contributed by atoms with E-state index in [2.05, 4.69) is 0 Å². The summed E-state index contributed by atoms with van der Waals surface area (Å²) in [5.41, 5.74) is 0.236. The number of esters is 1. The van der Waals surface area contributed by atoms with Crippen molar-refractivity contribution >= 4 is 33.2 Å². The molecule has 36 heavy (non-hydrogen) atoms. The van der Waals surface area contributed by atoms with E-state index in [0.717, 1.165) is 15.0 Å². The first kappa shape index (κ1) is 24.9. The normalized spacial score (nSPS) is 11.0. The van der Waals surface area contributed by atoms with Gasteiger partial charge in [-0.05, 0) is 49.2 Å². The summed E-state index contributed by atoms with van der Waals surface area (Å²) >= 11 is 1.24. The van der Waals surface area contributed by atoms with Gasteiger partial charge in [0.05, 0.1) is 30.6 Å². The number of fused-ring (bicyclic) bond motifs is 1. The molecule has 2 aromatic heterocycles. The van der Waals surface area contributed by atoms with Gasteiger partial charge in [0.2, 0.25) is 0 Å². The number of rotatable bonds is 8. The Morgan fingerprint density at radius 3 is 2.42 bits per heavy atom. The summed E-state index contributed by atoms with van der Waals surface area (Å²) in [7, 11) is 1.56. The lowest BCUT2D eigenvalue weighted by molar-refractivity contribution is -0.385. The molecular weight excluding hydrogens is 486 g/mol. The van der Waals surface area contributed by atoms with E-state index >= 15 is 0 Å². The van der Waals surface area contributed by atoms with Gasteiger partial charge >= 0.3 is 11.7 Å². The molecule has 0 bridgehead atoms. The maximum absolute atomic E-state index is 13.5. The molecule has 0 atom stereocenters. The van der Waals surface area contributed by atoms with E-state index in [1.807, 2.05) is 12.1 Å². The van der Waals surface area contributed by atoms with Crippen molar-refractivity contribution in [3.63, 3.8) is 0 Å². The molecule has 2 aromatic carbocycles. The van der Waals surface area contributed by atoms with Gasteiger partial charge in [0.15, 0.2) is 0 Å². The molecule has 4 rings (SSSR count). The molecule has 2 heterocycles. The van der Waals surface area contributed by atoms with Crippen LogP contribution in [0.25, 0.3) is 20.7 Å². The minimum Gasteiger partial charge on any atom is -0.497 e. The van der Waals surface area contributed by atoms with Crippen molar-refractivity contribution in [3.8, 4) is 16.2 Å². The van der Waals surface area contributed by atoms with Crippen LogP contribution in [0.3, 0.4) is 0 Å². The molecule has 186 valence electrons. The second-order valence-electron chi connectivity index (χ2n) is 7.92. The standard InChI is InChI=1S/C25H23N3O7S/c1-4-35-20(29)14-26-23(30)21-15(2)22(16-9-11-18(34-3)12-10-16)36-24(21)27(25(26)31)13-17-7-5-6-8-19(17)28(32)33/h5-12H,4,13-14H2,1-3H3. The van der Waals surface area contributed by atoms with Crippen LogP contribution < -0.4 is 16.0 Å². The number of hydrogen-bond acceptors (Lipinski definition) is 8. The van der Waals surface area contributed by atoms with Crippen molar-refractivity contribution in [2.24, 2.45) is 0 Å². The highest BCUT2D eigenvalue weighted by atomic mass is 32.1. The van der Waals surface area contributed by atoms with Crippen LogP contribution in [-0.2, 0) is 22.6 Å². The van der Waals surface area contributed by atoms with Crippen molar-refractivity contribution in [2.45, 2.75) is 26.9 Å². The third-order valence-electron chi connectivity index (χ3n) is 5.76. The quantitative estimate of drug-likeness (QED) is 0.201. The molecule has 0 aliphatic carbocycles. The predicted octanol–water partition coefficient (Wildman–Crippen LogP) is 3.73. The molecule has 0 radical (unpaired) electrons. The number of thiophene rings is 1. The smallest absolute Gasteiger partial charge is 0.332 e. The number of nitro groups is 1. The number of methoxy groups -OCH3 is 1. The monoisotopic (exact) mass is 509 g/mol. The number of benzene rings is 2. The maximum Gasteiger partial charge on any atom is 0.332 e. The molecular formula is C25H23N3O7S. The van der Waals surface area contributed by atoms with E-state index < -0.39 is 28.7 Å². The zero-order valence-electron chi connectivity index (χ0n) is 19.8. The number of carbonyl (C=O) groups is 1. The largest absolute Gasteiger partial charge is 0.497 e. The number of nitro benzene ring substituents is 1. The number of ether oxygens (including phenoxy) is 2. The second-order valence-corrected chi connectivity index (χ2v) is 8.91. The van der Waals surface area contributed by atoms with Crippen LogP contribution in [0, 0.1) is 17.0 Å². The predicted molar refractivity (Wildman–Crippen MR) is 136 cm³/mol. The molecule has 0 unspecified atom stereocenters. The number of carbonyl (C=O) groups excluding carboxylic acids is 1. The third kappa shape index (κ3) is 4.52. The van der Waals surface area contributed by atoms with Gasteiger partial charge in [-0.25, -0.2) is 9.36 Å². The van der Waals surface area contributed by atoms with E-state index in [-0.39, 0.29) is 24.2 Å². The molecule has 10 nitrogen and oxygen atoms in total. The summed E-state index contributed by atoms with van der Waals surface area (Å²) in [5, 5.41) is 11.9. The number of aryl methyl sites for hydroxylation is 1. The maximum atomic E-state index is 13.5. The summed E-state index contributed by atoms with van der Waals surface area (Å²) in [4.78, 5) is 51.4. The van der Waals surface area contributed by atoms with Gasteiger partial charge < -0.3 is 9.47 Å². The van der Waals surface area contributed by atoms with Gasteiger partial charge in [0.25, 0.3) is 11.2 Å².